The van der Waals surface area contributed by atoms with E-state index >= 15 is 0 Å². The highest BCUT2D eigenvalue weighted by molar-refractivity contribution is 5.94. The summed E-state index contributed by atoms with van der Waals surface area (Å²) in [5.41, 5.74) is 3.23. The number of carbonyl (C=O) groups is 1. The van der Waals surface area contributed by atoms with Gasteiger partial charge in [0.15, 0.2) is 0 Å². The highest BCUT2D eigenvalue weighted by atomic mass is 16.5. The van der Waals surface area contributed by atoms with Crippen LogP contribution in [0.3, 0.4) is 0 Å². The van der Waals surface area contributed by atoms with Crippen LogP contribution in [-0.4, -0.2) is 50.1 Å². The Labute approximate surface area is 149 Å². The first kappa shape index (κ1) is 18.7. The number of hydrogen-bond donors (Lipinski definition) is 2. The van der Waals surface area contributed by atoms with Crippen molar-refractivity contribution in [2.75, 3.05) is 39.6 Å². The van der Waals surface area contributed by atoms with Gasteiger partial charge in [0.2, 0.25) is 0 Å². The zero-order valence-corrected chi connectivity index (χ0v) is 15.3. The second-order valence-corrected chi connectivity index (χ2v) is 6.20. The van der Waals surface area contributed by atoms with Gasteiger partial charge in [-0.3, -0.25) is 9.78 Å². The van der Waals surface area contributed by atoms with Gasteiger partial charge in [-0.15, -0.1) is 0 Å². The first-order valence-electron chi connectivity index (χ1n) is 8.29. The van der Waals surface area contributed by atoms with Crippen LogP contribution in [0.15, 0.2) is 36.7 Å². The van der Waals surface area contributed by atoms with Gasteiger partial charge in [-0.2, -0.15) is 0 Å². The van der Waals surface area contributed by atoms with Crippen molar-refractivity contribution in [2.24, 2.45) is 0 Å². The molecule has 6 nitrogen and oxygen atoms in total. The number of benzene rings is 1. The van der Waals surface area contributed by atoms with Crippen molar-refractivity contribution in [1.29, 1.82) is 0 Å². The summed E-state index contributed by atoms with van der Waals surface area (Å²) >= 11 is 0. The number of nitrogens with one attached hydrogen (secondary N) is 2. The molecule has 0 saturated carbocycles. The number of methoxy groups -OCH3 is 1. The fourth-order valence-corrected chi connectivity index (χ4v) is 2.41. The molecule has 0 bridgehead atoms. The maximum Gasteiger partial charge on any atom is 0.252 e. The molecule has 2 aromatic rings. The molecule has 0 saturated heterocycles. The number of pyridine rings is 1. The predicted octanol–water partition coefficient (Wildman–Crippen LogP) is 2.82. The smallest absolute Gasteiger partial charge is 0.252 e. The first-order chi connectivity index (χ1) is 12.0. The molecule has 1 aromatic carbocycles. The van der Waals surface area contributed by atoms with E-state index in [1.165, 1.54) is 0 Å². The number of aryl methyl sites for hydroxylation is 1. The van der Waals surface area contributed by atoms with Crippen molar-refractivity contribution < 1.29 is 9.53 Å². The topological polar surface area (TPSA) is 66.5 Å². The zero-order chi connectivity index (χ0) is 18.2. The lowest BCUT2D eigenvalue weighted by Gasteiger charge is -2.13. The normalized spacial score (nSPS) is 10.6. The zero-order valence-electron chi connectivity index (χ0n) is 15.3. The van der Waals surface area contributed by atoms with Crippen molar-refractivity contribution >= 4 is 17.3 Å². The Kier molecular flexibility index (Phi) is 6.77. The average Bonchev–Trinajstić information content (AvgIpc) is 2.59. The number of nitrogens with zero attached hydrogens (tertiary/aromatic N) is 2. The highest BCUT2D eigenvalue weighted by Crippen LogP contribution is 2.28. The van der Waals surface area contributed by atoms with Crippen molar-refractivity contribution in [3.8, 4) is 5.75 Å². The molecular formula is C19H26N4O2. The molecule has 0 spiro atoms. The number of aromatic nitrogens is 1. The quantitative estimate of drug-likeness (QED) is 0.722. The third kappa shape index (κ3) is 5.76. The fourth-order valence-electron chi connectivity index (χ4n) is 2.41. The summed E-state index contributed by atoms with van der Waals surface area (Å²) in [5.74, 6) is 0.621. The third-order valence-electron chi connectivity index (χ3n) is 3.70. The van der Waals surface area contributed by atoms with Gasteiger partial charge in [0.05, 0.1) is 30.2 Å². The van der Waals surface area contributed by atoms with Gasteiger partial charge in [-0.05, 0) is 57.7 Å². The van der Waals surface area contributed by atoms with Crippen LogP contribution in [0.1, 0.15) is 22.3 Å². The van der Waals surface area contributed by atoms with Gasteiger partial charge < -0.3 is 20.3 Å². The number of anilines is 2. The summed E-state index contributed by atoms with van der Waals surface area (Å²) in [6, 6.07) is 7.68. The van der Waals surface area contributed by atoms with E-state index in [0.29, 0.717) is 12.1 Å². The largest absolute Gasteiger partial charge is 0.495 e. The number of ether oxygens (including phenoxy) is 1. The van der Waals surface area contributed by atoms with E-state index in [2.05, 4.69) is 20.5 Å². The molecule has 2 rings (SSSR count). The molecule has 0 atom stereocenters. The van der Waals surface area contributed by atoms with Crippen molar-refractivity contribution in [2.45, 2.75) is 13.3 Å². The molecular weight excluding hydrogens is 316 g/mol. The lowest BCUT2D eigenvalue weighted by molar-refractivity contribution is 0.0952. The van der Waals surface area contributed by atoms with Gasteiger partial charge in [-0.1, -0.05) is 6.07 Å². The SMILES string of the molecule is COc1ccc(C)cc1Nc1cncc(C(=O)NCCCN(C)C)c1. The molecule has 0 aliphatic heterocycles. The fraction of sp³-hybridized carbons (Fsp3) is 0.368. The number of hydrogen-bond acceptors (Lipinski definition) is 5. The molecule has 0 aliphatic carbocycles. The first-order valence-corrected chi connectivity index (χ1v) is 8.29. The molecule has 134 valence electrons. The Hall–Kier alpha value is -2.60. The van der Waals surface area contributed by atoms with Gasteiger partial charge in [0, 0.05) is 12.7 Å². The summed E-state index contributed by atoms with van der Waals surface area (Å²) in [7, 11) is 5.66. The minimum Gasteiger partial charge on any atom is -0.495 e. The van der Waals surface area contributed by atoms with E-state index in [1.807, 2.05) is 39.2 Å². The van der Waals surface area contributed by atoms with Crippen LogP contribution in [0.25, 0.3) is 0 Å². The molecule has 1 amide bonds. The number of rotatable bonds is 8. The maximum absolute atomic E-state index is 12.3. The Morgan fingerprint density at radius 1 is 1.24 bits per heavy atom. The standard InChI is InChI=1S/C19H26N4O2/c1-14-6-7-18(25-4)17(10-14)22-16-11-15(12-20-13-16)19(24)21-8-5-9-23(2)3/h6-7,10-13,22H,5,8-9H2,1-4H3,(H,21,24). The van der Waals surface area contributed by atoms with E-state index in [9.17, 15) is 4.79 Å². The molecule has 25 heavy (non-hydrogen) atoms. The molecule has 1 heterocycles. The third-order valence-corrected chi connectivity index (χ3v) is 3.70. The van der Waals surface area contributed by atoms with Crippen molar-refractivity contribution in [3.05, 3.63) is 47.8 Å². The molecule has 0 unspecified atom stereocenters. The predicted molar refractivity (Wildman–Crippen MR) is 101 cm³/mol. The Morgan fingerprint density at radius 2 is 2.04 bits per heavy atom. The minimum atomic E-state index is -0.119. The number of amides is 1. The Balaban J connectivity index is 2.03. The maximum atomic E-state index is 12.3. The van der Waals surface area contributed by atoms with Crippen LogP contribution < -0.4 is 15.4 Å². The Morgan fingerprint density at radius 3 is 2.76 bits per heavy atom. The molecule has 1 aromatic heterocycles. The van der Waals surface area contributed by atoms with Gasteiger partial charge in [0.1, 0.15) is 5.75 Å². The lowest BCUT2D eigenvalue weighted by Crippen LogP contribution is -2.27. The van der Waals surface area contributed by atoms with Crippen LogP contribution in [0.5, 0.6) is 5.75 Å². The van der Waals surface area contributed by atoms with E-state index in [-0.39, 0.29) is 5.91 Å². The lowest BCUT2D eigenvalue weighted by atomic mass is 10.2. The summed E-state index contributed by atoms with van der Waals surface area (Å²) in [4.78, 5) is 18.5. The van der Waals surface area contributed by atoms with Gasteiger partial charge in [0.25, 0.3) is 5.91 Å². The van der Waals surface area contributed by atoms with E-state index < -0.39 is 0 Å². The highest BCUT2D eigenvalue weighted by Gasteiger charge is 2.08. The second-order valence-electron chi connectivity index (χ2n) is 6.20. The van der Waals surface area contributed by atoms with E-state index in [1.54, 1.807) is 25.6 Å². The Bertz CT molecular complexity index is 716. The summed E-state index contributed by atoms with van der Waals surface area (Å²) in [6.07, 6.45) is 4.16. The molecule has 0 aliphatic rings. The molecule has 0 radical (unpaired) electrons. The van der Waals surface area contributed by atoms with Crippen molar-refractivity contribution in [1.82, 2.24) is 15.2 Å². The number of carbonyl (C=O) groups excluding carboxylic acids is 1. The van der Waals surface area contributed by atoms with Gasteiger partial charge >= 0.3 is 0 Å². The summed E-state index contributed by atoms with van der Waals surface area (Å²) in [5, 5.41) is 6.19. The van der Waals surface area contributed by atoms with Gasteiger partial charge in [-0.25, -0.2) is 0 Å². The van der Waals surface area contributed by atoms with Crippen LogP contribution in [0.4, 0.5) is 11.4 Å². The van der Waals surface area contributed by atoms with Crippen LogP contribution >= 0.6 is 0 Å². The molecule has 2 N–H and O–H groups in total. The average molecular weight is 342 g/mol. The summed E-state index contributed by atoms with van der Waals surface area (Å²) in [6.45, 7) is 3.59. The monoisotopic (exact) mass is 342 g/mol. The van der Waals surface area contributed by atoms with E-state index in [4.69, 9.17) is 4.74 Å². The molecule has 0 fully saturated rings. The minimum absolute atomic E-state index is 0.119. The van der Waals surface area contributed by atoms with Crippen LogP contribution in [0, 0.1) is 6.92 Å². The van der Waals surface area contributed by atoms with Crippen molar-refractivity contribution in [3.63, 3.8) is 0 Å². The van der Waals surface area contributed by atoms with Crippen LogP contribution in [-0.2, 0) is 0 Å². The molecule has 6 heteroatoms. The second kappa shape index (κ2) is 9.03. The summed E-state index contributed by atoms with van der Waals surface area (Å²) < 4.78 is 5.37. The van der Waals surface area contributed by atoms with Crippen LogP contribution in [0.2, 0.25) is 0 Å². The van der Waals surface area contributed by atoms with E-state index in [0.717, 1.165) is 35.7 Å².